The standard InChI is InChI=1S/C4H10ClO4P.H3N.2Na.2H/c5-3-1-2-4-9-10(6,7)8;;;;;/h1-4H2,(H2,6,7,8);1H3;;;;. The molecule has 13 heavy (non-hydrogen) atoms. The van der Waals surface area contributed by atoms with Crippen LogP contribution in [0, 0.1) is 0 Å². The SMILES string of the molecule is N.O=P(O)(O)OCCCCCl.[NaH].[NaH]. The maximum absolute atomic E-state index is 10.0. The summed E-state index contributed by atoms with van der Waals surface area (Å²) in [4.78, 5) is 16.3. The van der Waals surface area contributed by atoms with Gasteiger partial charge in [0.05, 0.1) is 6.61 Å². The quantitative estimate of drug-likeness (QED) is 0.277. The Morgan fingerprint density at radius 3 is 2.00 bits per heavy atom. The van der Waals surface area contributed by atoms with Crippen LogP contribution in [0.4, 0.5) is 0 Å². The summed E-state index contributed by atoms with van der Waals surface area (Å²) in [5, 5.41) is 0. The van der Waals surface area contributed by atoms with Crippen molar-refractivity contribution in [2.24, 2.45) is 0 Å². The van der Waals surface area contributed by atoms with E-state index in [9.17, 15) is 4.57 Å². The zero-order chi connectivity index (χ0) is 8.04. The average molecular weight is 254 g/mol. The number of alkyl halides is 1. The van der Waals surface area contributed by atoms with Gasteiger partial charge >= 0.3 is 66.9 Å². The molecular formula is C4H15ClNNa2O4P. The molecule has 0 saturated carbocycles. The van der Waals surface area contributed by atoms with E-state index in [1.807, 2.05) is 0 Å². The van der Waals surface area contributed by atoms with E-state index in [0.717, 1.165) is 0 Å². The molecule has 0 aliphatic heterocycles. The van der Waals surface area contributed by atoms with Crippen molar-refractivity contribution < 1.29 is 18.9 Å². The molecule has 0 bridgehead atoms. The second kappa shape index (κ2) is 14.4. The summed E-state index contributed by atoms with van der Waals surface area (Å²) >= 11 is 5.30. The van der Waals surface area contributed by atoms with Crippen LogP contribution in [0.5, 0.6) is 0 Å². The minimum atomic E-state index is -4.25. The summed E-state index contributed by atoms with van der Waals surface area (Å²) in [7, 11) is -4.25. The molecule has 0 spiro atoms. The fraction of sp³-hybridized carbons (Fsp3) is 1.00. The molecule has 0 radical (unpaired) electrons. The minimum absolute atomic E-state index is 0. The summed E-state index contributed by atoms with van der Waals surface area (Å²) in [6.45, 7) is 0.0665. The van der Waals surface area contributed by atoms with Gasteiger partial charge in [-0.3, -0.25) is 4.52 Å². The topological polar surface area (TPSA) is 102 Å². The third kappa shape index (κ3) is 25.0. The molecule has 0 aromatic carbocycles. The summed E-state index contributed by atoms with van der Waals surface area (Å²) in [6.07, 6.45) is 1.29. The number of phosphoric ester groups is 1. The molecule has 0 aliphatic rings. The Bertz CT molecular complexity index is 135. The normalized spacial score (nSPS) is 9.15. The van der Waals surface area contributed by atoms with Gasteiger partial charge in [0.1, 0.15) is 0 Å². The Hall–Kier alpha value is 2.36. The number of rotatable bonds is 5. The van der Waals surface area contributed by atoms with Crippen molar-refractivity contribution in [2.45, 2.75) is 12.8 Å². The van der Waals surface area contributed by atoms with Crippen molar-refractivity contribution >= 4 is 78.5 Å². The van der Waals surface area contributed by atoms with E-state index < -0.39 is 7.82 Å². The Kier molecular flexibility index (Phi) is 27.1. The van der Waals surface area contributed by atoms with Gasteiger partial charge in [-0.2, -0.15) is 0 Å². The summed E-state index contributed by atoms with van der Waals surface area (Å²) in [5.74, 6) is 0.491. The molecule has 5 nitrogen and oxygen atoms in total. The zero-order valence-electron chi connectivity index (χ0n) is 6.07. The number of hydrogen-bond donors (Lipinski definition) is 3. The van der Waals surface area contributed by atoms with Gasteiger partial charge in [0.2, 0.25) is 0 Å². The first-order valence-corrected chi connectivity index (χ1v) is 4.89. The van der Waals surface area contributed by atoms with Crippen molar-refractivity contribution in [3.63, 3.8) is 0 Å². The molecule has 0 fully saturated rings. The molecule has 5 N–H and O–H groups in total. The Morgan fingerprint density at radius 1 is 1.23 bits per heavy atom. The van der Waals surface area contributed by atoms with Crippen LogP contribution < -0.4 is 6.15 Å². The number of unbranched alkanes of at least 4 members (excludes halogenated alkanes) is 1. The second-order valence-corrected chi connectivity index (χ2v) is 3.34. The van der Waals surface area contributed by atoms with E-state index in [4.69, 9.17) is 21.4 Å². The van der Waals surface area contributed by atoms with Crippen LogP contribution in [-0.4, -0.2) is 81.4 Å². The molecule has 0 heterocycles. The van der Waals surface area contributed by atoms with Gasteiger partial charge < -0.3 is 15.9 Å². The third-order valence-electron chi connectivity index (χ3n) is 0.787. The fourth-order valence-corrected chi connectivity index (χ4v) is 0.936. The molecule has 0 rings (SSSR count). The predicted molar refractivity (Wildman–Crippen MR) is 57.3 cm³/mol. The monoisotopic (exact) mass is 253 g/mol. The summed E-state index contributed by atoms with van der Waals surface area (Å²) < 4.78 is 14.2. The number of hydrogen-bond acceptors (Lipinski definition) is 3. The predicted octanol–water partition coefficient (Wildman–Crippen LogP) is -0.0203. The van der Waals surface area contributed by atoms with E-state index in [-0.39, 0.29) is 71.9 Å². The van der Waals surface area contributed by atoms with Crippen molar-refractivity contribution in [3.8, 4) is 0 Å². The first-order chi connectivity index (χ1) is 4.56. The Balaban J connectivity index is -0.000000135. The third-order valence-corrected chi connectivity index (χ3v) is 1.57. The van der Waals surface area contributed by atoms with E-state index in [1.165, 1.54) is 0 Å². The average Bonchev–Trinajstić information content (AvgIpc) is 1.78. The molecule has 9 heteroatoms. The number of halogens is 1. The maximum atomic E-state index is 10.0. The van der Waals surface area contributed by atoms with E-state index >= 15 is 0 Å². The van der Waals surface area contributed by atoms with E-state index in [0.29, 0.717) is 18.7 Å². The molecule has 0 atom stereocenters. The van der Waals surface area contributed by atoms with Crippen LogP contribution in [-0.2, 0) is 9.09 Å². The Morgan fingerprint density at radius 2 is 1.69 bits per heavy atom. The van der Waals surface area contributed by atoms with Crippen LogP contribution >= 0.6 is 19.4 Å². The van der Waals surface area contributed by atoms with Crippen LogP contribution in [0.1, 0.15) is 12.8 Å². The van der Waals surface area contributed by atoms with Crippen LogP contribution in [0.2, 0.25) is 0 Å². The fourth-order valence-electron chi connectivity index (χ4n) is 0.380. The van der Waals surface area contributed by atoms with Gasteiger partial charge in [0.15, 0.2) is 0 Å². The molecule has 74 valence electrons. The molecule has 0 amide bonds. The first-order valence-electron chi connectivity index (χ1n) is 2.82. The van der Waals surface area contributed by atoms with Gasteiger partial charge in [-0.25, -0.2) is 4.57 Å². The van der Waals surface area contributed by atoms with Gasteiger partial charge in [-0.05, 0) is 12.8 Å². The molecule has 0 aromatic heterocycles. The molecule has 0 saturated heterocycles. The summed E-state index contributed by atoms with van der Waals surface area (Å²) in [5.41, 5.74) is 0. The van der Waals surface area contributed by atoms with Crippen LogP contribution in [0.15, 0.2) is 0 Å². The van der Waals surface area contributed by atoms with Gasteiger partial charge in [-0.15, -0.1) is 11.6 Å². The molecule has 0 unspecified atom stereocenters. The van der Waals surface area contributed by atoms with Gasteiger partial charge in [0.25, 0.3) is 0 Å². The van der Waals surface area contributed by atoms with Crippen molar-refractivity contribution in [1.29, 1.82) is 0 Å². The first kappa shape index (κ1) is 24.5. The van der Waals surface area contributed by atoms with Gasteiger partial charge in [-0.1, -0.05) is 0 Å². The molecule has 0 aliphatic carbocycles. The number of phosphoric acid groups is 1. The van der Waals surface area contributed by atoms with Crippen molar-refractivity contribution in [1.82, 2.24) is 6.15 Å². The van der Waals surface area contributed by atoms with Crippen LogP contribution in [0.3, 0.4) is 0 Å². The van der Waals surface area contributed by atoms with Crippen molar-refractivity contribution in [3.05, 3.63) is 0 Å². The van der Waals surface area contributed by atoms with Gasteiger partial charge in [0, 0.05) is 5.88 Å². The molecular weight excluding hydrogens is 238 g/mol. The Labute approximate surface area is 127 Å². The van der Waals surface area contributed by atoms with E-state index in [2.05, 4.69) is 4.52 Å². The van der Waals surface area contributed by atoms with E-state index in [1.54, 1.807) is 0 Å². The zero-order valence-corrected chi connectivity index (χ0v) is 7.72. The van der Waals surface area contributed by atoms with Crippen molar-refractivity contribution in [2.75, 3.05) is 12.5 Å². The molecule has 0 aromatic rings. The second-order valence-electron chi connectivity index (χ2n) is 1.72. The van der Waals surface area contributed by atoms with Crippen LogP contribution in [0.25, 0.3) is 0 Å². The summed E-state index contributed by atoms with van der Waals surface area (Å²) in [6, 6.07) is 0.